The number of rotatable bonds is 4. The SMILES string of the molecule is COCOC(=O)c1cncc(C(=O)O)c1. The zero-order valence-corrected chi connectivity index (χ0v) is 7.97. The summed E-state index contributed by atoms with van der Waals surface area (Å²) in [5.41, 5.74) is 0.00816. The molecule has 0 spiro atoms. The molecule has 1 aromatic heterocycles. The Kier molecular flexibility index (Phi) is 3.75. The number of ether oxygens (including phenoxy) is 2. The first kappa shape index (κ1) is 11.1. The monoisotopic (exact) mass is 211 g/mol. The fraction of sp³-hybridized carbons (Fsp3) is 0.222. The second kappa shape index (κ2) is 5.06. The van der Waals surface area contributed by atoms with Crippen LogP contribution in [0, 0.1) is 0 Å². The predicted octanol–water partition coefficient (Wildman–Crippen LogP) is 0.541. The molecular formula is C9H9NO5. The van der Waals surface area contributed by atoms with Crippen LogP contribution in [-0.2, 0) is 9.47 Å². The summed E-state index contributed by atoms with van der Waals surface area (Å²) in [6.45, 7) is -0.184. The number of esters is 1. The van der Waals surface area contributed by atoms with Crippen molar-refractivity contribution in [3.8, 4) is 0 Å². The molecule has 1 heterocycles. The third-order valence-corrected chi connectivity index (χ3v) is 1.53. The lowest BCUT2D eigenvalue weighted by molar-refractivity contribution is -0.0125. The molecule has 1 rings (SSSR count). The minimum Gasteiger partial charge on any atom is -0.478 e. The molecule has 0 amide bonds. The number of carbonyl (C=O) groups is 2. The Bertz CT molecular complexity index is 377. The van der Waals surface area contributed by atoms with E-state index in [4.69, 9.17) is 5.11 Å². The van der Waals surface area contributed by atoms with Crippen LogP contribution in [0.3, 0.4) is 0 Å². The van der Waals surface area contributed by atoms with E-state index in [0.29, 0.717) is 0 Å². The fourth-order valence-corrected chi connectivity index (χ4v) is 0.864. The van der Waals surface area contributed by atoms with Gasteiger partial charge >= 0.3 is 11.9 Å². The van der Waals surface area contributed by atoms with Gasteiger partial charge in [0.05, 0.1) is 11.1 Å². The van der Waals surface area contributed by atoms with Crippen molar-refractivity contribution < 1.29 is 24.2 Å². The van der Waals surface area contributed by atoms with Gasteiger partial charge in [-0.05, 0) is 6.07 Å². The summed E-state index contributed by atoms with van der Waals surface area (Å²) in [5.74, 6) is -1.82. The Balaban J connectivity index is 2.81. The van der Waals surface area contributed by atoms with Crippen molar-refractivity contribution in [3.05, 3.63) is 29.6 Å². The van der Waals surface area contributed by atoms with Crippen LogP contribution in [0.25, 0.3) is 0 Å². The number of carboxylic acids is 1. The lowest BCUT2D eigenvalue weighted by Crippen LogP contribution is -2.09. The maximum Gasteiger partial charge on any atom is 0.341 e. The summed E-state index contributed by atoms with van der Waals surface area (Å²) >= 11 is 0. The average Bonchev–Trinajstić information content (AvgIpc) is 2.26. The second-order valence-corrected chi connectivity index (χ2v) is 2.61. The van der Waals surface area contributed by atoms with Gasteiger partial charge in [0, 0.05) is 19.5 Å². The molecule has 0 fully saturated rings. The molecule has 80 valence electrons. The third kappa shape index (κ3) is 3.03. The van der Waals surface area contributed by atoms with E-state index in [1.807, 2.05) is 0 Å². The molecule has 6 heteroatoms. The Morgan fingerprint density at radius 2 is 2.07 bits per heavy atom. The van der Waals surface area contributed by atoms with E-state index in [0.717, 1.165) is 6.20 Å². The molecule has 0 aliphatic carbocycles. The van der Waals surface area contributed by atoms with Gasteiger partial charge < -0.3 is 14.6 Å². The minimum absolute atomic E-state index is 0.0677. The number of carboxylic acid groups (broad SMARTS) is 1. The number of hydrogen-bond acceptors (Lipinski definition) is 5. The highest BCUT2D eigenvalue weighted by Gasteiger charge is 2.10. The normalized spacial score (nSPS) is 9.67. The number of pyridine rings is 1. The van der Waals surface area contributed by atoms with Crippen LogP contribution in [0.2, 0.25) is 0 Å². The number of carbonyl (C=O) groups excluding carboxylic acids is 1. The first-order valence-electron chi connectivity index (χ1n) is 3.99. The Morgan fingerprint density at radius 1 is 1.40 bits per heavy atom. The Morgan fingerprint density at radius 3 is 2.67 bits per heavy atom. The number of nitrogens with zero attached hydrogens (tertiary/aromatic N) is 1. The molecule has 0 unspecified atom stereocenters. The fourth-order valence-electron chi connectivity index (χ4n) is 0.864. The molecule has 0 aliphatic rings. The second-order valence-electron chi connectivity index (χ2n) is 2.61. The number of hydrogen-bond donors (Lipinski definition) is 1. The van der Waals surface area contributed by atoms with Crippen LogP contribution in [-0.4, -0.2) is 35.9 Å². The molecule has 1 aromatic rings. The van der Waals surface area contributed by atoms with Crippen molar-refractivity contribution in [1.82, 2.24) is 4.98 Å². The van der Waals surface area contributed by atoms with Crippen molar-refractivity contribution in [2.45, 2.75) is 0 Å². The maximum absolute atomic E-state index is 11.2. The number of aromatic nitrogens is 1. The van der Waals surface area contributed by atoms with Gasteiger partial charge in [-0.2, -0.15) is 0 Å². The van der Waals surface area contributed by atoms with Crippen molar-refractivity contribution in [2.75, 3.05) is 13.9 Å². The van der Waals surface area contributed by atoms with Gasteiger partial charge in [-0.25, -0.2) is 9.59 Å². The quantitative estimate of drug-likeness (QED) is 0.577. The van der Waals surface area contributed by atoms with Gasteiger partial charge in [-0.15, -0.1) is 0 Å². The molecular weight excluding hydrogens is 202 g/mol. The lowest BCUT2D eigenvalue weighted by Gasteiger charge is -2.02. The molecule has 0 aromatic carbocycles. The van der Waals surface area contributed by atoms with E-state index in [1.165, 1.54) is 19.4 Å². The Labute approximate surface area is 85.5 Å². The van der Waals surface area contributed by atoms with Crippen LogP contribution in [0.1, 0.15) is 20.7 Å². The van der Waals surface area contributed by atoms with Crippen molar-refractivity contribution in [3.63, 3.8) is 0 Å². The van der Waals surface area contributed by atoms with Crippen LogP contribution in [0.5, 0.6) is 0 Å². The largest absolute Gasteiger partial charge is 0.478 e. The first-order chi connectivity index (χ1) is 7.15. The van der Waals surface area contributed by atoms with E-state index >= 15 is 0 Å². The molecule has 0 aliphatic heterocycles. The van der Waals surface area contributed by atoms with E-state index < -0.39 is 11.9 Å². The summed E-state index contributed by atoms with van der Waals surface area (Å²) in [4.78, 5) is 25.4. The summed E-state index contributed by atoms with van der Waals surface area (Å²) in [7, 11) is 1.37. The van der Waals surface area contributed by atoms with Crippen molar-refractivity contribution in [1.29, 1.82) is 0 Å². The number of aromatic carboxylic acids is 1. The zero-order chi connectivity index (χ0) is 11.3. The van der Waals surface area contributed by atoms with Crippen LogP contribution in [0.15, 0.2) is 18.5 Å². The van der Waals surface area contributed by atoms with Gasteiger partial charge in [-0.1, -0.05) is 0 Å². The van der Waals surface area contributed by atoms with Crippen LogP contribution in [0.4, 0.5) is 0 Å². The standard InChI is InChI=1S/C9H9NO5/c1-14-5-15-9(13)7-2-6(8(11)12)3-10-4-7/h2-4H,5H2,1H3,(H,11,12). The van der Waals surface area contributed by atoms with Crippen LogP contribution < -0.4 is 0 Å². The molecule has 0 saturated carbocycles. The molecule has 0 saturated heterocycles. The number of methoxy groups -OCH3 is 1. The van der Waals surface area contributed by atoms with Crippen molar-refractivity contribution >= 4 is 11.9 Å². The summed E-state index contributed by atoms with van der Waals surface area (Å²) < 4.78 is 9.15. The topological polar surface area (TPSA) is 85.7 Å². The molecule has 0 atom stereocenters. The van der Waals surface area contributed by atoms with Crippen molar-refractivity contribution in [2.24, 2.45) is 0 Å². The molecule has 1 N–H and O–H groups in total. The maximum atomic E-state index is 11.2. The van der Waals surface area contributed by atoms with Gasteiger partial charge in [0.1, 0.15) is 0 Å². The van der Waals surface area contributed by atoms with E-state index in [1.54, 1.807) is 0 Å². The predicted molar refractivity (Wildman–Crippen MR) is 48.5 cm³/mol. The summed E-state index contributed by atoms with van der Waals surface area (Å²) in [5, 5.41) is 8.65. The third-order valence-electron chi connectivity index (χ3n) is 1.53. The van der Waals surface area contributed by atoms with Gasteiger partial charge in [-0.3, -0.25) is 4.98 Å². The highest BCUT2D eigenvalue weighted by Crippen LogP contribution is 2.04. The zero-order valence-electron chi connectivity index (χ0n) is 7.97. The van der Waals surface area contributed by atoms with Gasteiger partial charge in [0.25, 0.3) is 0 Å². The van der Waals surface area contributed by atoms with Crippen LogP contribution >= 0.6 is 0 Å². The molecule has 15 heavy (non-hydrogen) atoms. The van der Waals surface area contributed by atoms with Gasteiger partial charge in [0.2, 0.25) is 0 Å². The molecule has 0 radical (unpaired) electrons. The van der Waals surface area contributed by atoms with E-state index in [-0.39, 0.29) is 17.9 Å². The first-order valence-corrected chi connectivity index (χ1v) is 3.99. The minimum atomic E-state index is -1.15. The smallest absolute Gasteiger partial charge is 0.341 e. The average molecular weight is 211 g/mol. The Hall–Kier alpha value is -1.95. The highest BCUT2D eigenvalue weighted by atomic mass is 16.7. The molecule has 0 bridgehead atoms. The lowest BCUT2D eigenvalue weighted by atomic mass is 10.2. The molecule has 6 nitrogen and oxygen atoms in total. The summed E-state index contributed by atoms with van der Waals surface area (Å²) in [6.07, 6.45) is 2.37. The van der Waals surface area contributed by atoms with E-state index in [2.05, 4.69) is 14.5 Å². The van der Waals surface area contributed by atoms with Gasteiger partial charge in [0.15, 0.2) is 6.79 Å². The summed E-state index contributed by atoms with van der Waals surface area (Å²) in [6, 6.07) is 1.19. The highest BCUT2D eigenvalue weighted by molar-refractivity contribution is 5.93. The van der Waals surface area contributed by atoms with E-state index in [9.17, 15) is 9.59 Å².